The molecule has 2 aromatic rings. The fraction of sp³-hybridized carbons (Fsp3) is 0.542. The van der Waals surface area contributed by atoms with E-state index in [1.165, 1.54) is 12.8 Å². The van der Waals surface area contributed by atoms with Gasteiger partial charge in [0, 0.05) is 43.2 Å². The first-order valence-electron chi connectivity index (χ1n) is 11.6. The van der Waals surface area contributed by atoms with E-state index < -0.39 is 0 Å². The van der Waals surface area contributed by atoms with E-state index in [4.69, 9.17) is 16.6 Å². The van der Waals surface area contributed by atoms with Crippen molar-refractivity contribution in [1.82, 2.24) is 19.9 Å². The van der Waals surface area contributed by atoms with Crippen LogP contribution in [0.5, 0.6) is 0 Å². The summed E-state index contributed by atoms with van der Waals surface area (Å²) in [6.07, 6.45) is 8.28. The van der Waals surface area contributed by atoms with Crippen LogP contribution in [0.15, 0.2) is 18.3 Å². The maximum absolute atomic E-state index is 12.9. The second kappa shape index (κ2) is 7.70. The minimum Gasteiger partial charge on any atom is -0.352 e. The summed E-state index contributed by atoms with van der Waals surface area (Å²) in [6.45, 7) is 2.19. The Morgan fingerprint density at radius 2 is 1.94 bits per heavy atom. The minimum atomic E-state index is 0.190. The molecule has 0 unspecified atom stereocenters. The number of carbonyl (C=O) groups is 1. The van der Waals surface area contributed by atoms with Gasteiger partial charge in [-0.05, 0) is 68.2 Å². The smallest absolute Gasteiger partial charge is 0.226 e. The first kappa shape index (κ1) is 19.9. The molecule has 1 amide bonds. The minimum absolute atomic E-state index is 0.190. The van der Waals surface area contributed by atoms with Gasteiger partial charge in [0.25, 0.3) is 0 Å². The number of hydrogen-bond acceptors (Lipinski definition) is 6. The summed E-state index contributed by atoms with van der Waals surface area (Å²) in [5.41, 5.74) is 3.13. The topological polar surface area (TPSA) is 86.0 Å². The molecule has 3 heterocycles. The van der Waals surface area contributed by atoms with Crippen molar-refractivity contribution in [2.24, 2.45) is 11.8 Å². The maximum Gasteiger partial charge on any atom is 0.226 e. The van der Waals surface area contributed by atoms with Crippen LogP contribution >= 0.6 is 11.6 Å². The van der Waals surface area contributed by atoms with Gasteiger partial charge >= 0.3 is 0 Å². The molecule has 3 aliphatic carbocycles. The summed E-state index contributed by atoms with van der Waals surface area (Å²) in [4.78, 5) is 30.7. The van der Waals surface area contributed by atoms with E-state index in [2.05, 4.69) is 25.8 Å². The Balaban J connectivity index is 1.35. The van der Waals surface area contributed by atoms with E-state index in [0.29, 0.717) is 42.1 Å². The number of rotatable bonds is 5. The zero-order valence-electron chi connectivity index (χ0n) is 17.9. The van der Waals surface area contributed by atoms with E-state index >= 15 is 0 Å². The standard InChI is InChI=1S/C24H25ClN6O/c25-24-27-8-7-19(28-24)18-11-17(12-26)22(29-21(18)15-3-4-15)30-9-10-31(23(32)16-5-6-16)20(13-30)14-1-2-14/h7-8,11,14-16,20H,1-6,9-10,13H2/t20-/m0/s1. The van der Waals surface area contributed by atoms with Crippen molar-refractivity contribution in [3.8, 4) is 17.3 Å². The van der Waals surface area contributed by atoms with Gasteiger partial charge in [-0.15, -0.1) is 0 Å². The zero-order chi connectivity index (χ0) is 21.8. The Labute approximate surface area is 192 Å². The normalized spacial score (nSPS) is 23.2. The number of aromatic nitrogens is 3. The lowest BCUT2D eigenvalue weighted by atomic mass is 10.0. The zero-order valence-corrected chi connectivity index (χ0v) is 18.6. The van der Waals surface area contributed by atoms with Gasteiger partial charge < -0.3 is 9.80 Å². The summed E-state index contributed by atoms with van der Waals surface area (Å²) < 4.78 is 0. The van der Waals surface area contributed by atoms with Crippen LogP contribution < -0.4 is 4.90 Å². The molecule has 6 rings (SSSR count). The third kappa shape index (κ3) is 3.71. The van der Waals surface area contributed by atoms with Gasteiger partial charge in [0.1, 0.15) is 11.9 Å². The summed E-state index contributed by atoms with van der Waals surface area (Å²) in [7, 11) is 0. The Morgan fingerprint density at radius 3 is 2.59 bits per heavy atom. The quantitative estimate of drug-likeness (QED) is 0.647. The SMILES string of the molecule is N#Cc1cc(-c2ccnc(Cl)n2)c(C2CC2)nc1N1CCN(C(=O)C2CC2)[C@H](C2CC2)C1. The summed E-state index contributed by atoms with van der Waals surface area (Å²) in [6, 6.07) is 6.34. The van der Waals surface area contributed by atoms with E-state index in [0.717, 1.165) is 49.3 Å². The average Bonchev–Trinajstić information content (AvgIpc) is 3.66. The number of nitriles is 1. The lowest BCUT2D eigenvalue weighted by molar-refractivity contribution is -0.135. The van der Waals surface area contributed by atoms with Crippen molar-refractivity contribution in [2.75, 3.05) is 24.5 Å². The van der Waals surface area contributed by atoms with Crippen molar-refractivity contribution in [3.63, 3.8) is 0 Å². The molecule has 7 nitrogen and oxygen atoms in total. The van der Waals surface area contributed by atoms with Crippen LogP contribution in [0.4, 0.5) is 5.82 Å². The molecule has 3 saturated carbocycles. The second-order valence-electron chi connectivity index (χ2n) is 9.55. The van der Waals surface area contributed by atoms with E-state index in [-0.39, 0.29) is 17.2 Å². The third-order valence-corrected chi connectivity index (χ3v) is 7.29. The first-order chi connectivity index (χ1) is 15.6. The monoisotopic (exact) mass is 448 g/mol. The highest BCUT2D eigenvalue weighted by atomic mass is 35.5. The predicted molar refractivity (Wildman–Crippen MR) is 120 cm³/mol. The Hall–Kier alpha value is -2.72. The first-order valence-corrected chi connectivity index (χ1v) is 12.0. The fourth-order valence-electron chi connectivity index (χ4n) is 4.92. The number of anilines is 1. The third-order valence-electron chi connectivity index (χ3n) is 7.11. The molecule has 8 heteroatoms. The van der Waals surface area contributed by atoms with Crippen LogP contribution in [-0.2, 0) is 4.79 Å². The number of nitrogens with zero attached hydrogens (tertiary/aromatic N) is 6. The Bertz CT molecular complexity index is 1120. The molecule has 0 aromatic carbocycles. The average molecular weight is 449 g/mol. The molecular formula is C24H25ClN6O. The molecule has 4 aliphatic rings. The number of carbonyl (C=O) groups excluding carboxylic acids is 1. The highest BCUT2D eigenvalue weighted by Crippen LogP contribution is 2.45. The largest absolute Gasteiger partial charge is 0.352 e. The van der Waals surface area contributed by atoms with Crippen LogP contribution in [-0.4, -0.2) is 51.4 Å². The van der Waals surface area contributed by atoms with Gasteiger partial charge in [0.2, 0.25) is 11.2 Å². The second-order valence-corrected chi connectivity index (χ2v) is 9.88. The van der Waals surface area contributed by atoms with E-state index in [1.807, 2.05) is 12.1 Å². The van der Waals surface area contributed by atoms with Crippen molar-refractivity contribution in [1.29, 1.82) is 5.26 Å². The van der Waals surface area contributed by atoms with Crippen LogP contribution in [0.3, 0.4) is 0 Å². The van der Waals surface area contributed by atoms with Crippen molar-refractivity contribution in [2.45, 2.75) is 50.5 Å². The molecule has 0 N–H and O–H groups in total. The molecular weight excluding hydrogens is 424 g/mol. The van der Waals surface area contributed by atoms with Gasteiger partial charge in [-0.2, -0.15) is 5.26 Å². The number of piperazine rings is 1. The highest BCUT2D eigenvalue weighted by Gasteiger charge is 2.45. The van der Waals surface area contributed by atoms with Gasteiger partial charge in [-0.1, -0.05) is 0 Å². The molecule has 32 heavy (non-hydrogen) atoms. The molecule has 0 spiro atoms. The molecule has 4 fully saturated rings. The molecule has 0 bridgehead atoms. The van der Waals surface area contributed by atoms with Gasteiger partial charge in [0.05, 0.1) is 23.0 Å². The van der Waals surface area contributed by atoms with Crippen LogP contribution in [0.2, 0.25) is 5.28 Å². The van der Waals surface area contributed by atoms with Crippen molar-refractivity contribution < 1.29 is 4.79 Å². The molecule has 0 radical (unpaired) electrons. The maximum atomic E-state index is 12.9. The molecule has 1 aliphatic heterocycles. The molecule has 1 saturated heterocycles. The van der Waals surface area contributed by atoms with Gasteiger partial charge in [-0.25, -0.2) is 15.0 Å². The lowest BCUT2D eigenvalue weighted by Crippen LogP contribution is -2.57. The van der Waals surface area contributed by atoms with Crippen LogP contribution in [0, 0.1) is 23.2 Å². The Kier molecular flexibility index (Phi) is 4.80. The van der Waals surface area contributed by atoms with Gasteiger partial charge in [0.15, 0.2) is 0 Å². The highest BCUT2D eigenvalue weighted by molar-refractivity contribution is 6.28. The van der Waals surface area contributed by atoms with Crippen molar-refractivity contribution >= 4 is 23.3 Å². The number of amides is 1. The van der Waals surface area contributed by atoms with E-state index in [9.17, 15) is 10.1 Å². The van der Waals surface area contributed by atoms with Crippen LogP contribution in [0.1, 0.15) is 55.7 Å². The number of hydrogen-bond donors (Lipinski definition) is 0. The summed E-state index contributed by atoms with van der Waals surface area (Å²) >= 11 is 6.04. The molecule has 164 valence electrons. The summed E-state index contributed by atoms with van der Waals surface area (Å²) in [5, 5.41) is 10.2. The molecule has 1 atom stereocenters. The summed E-state index contributed by atoms with van der Waals surface area (Å²) in [5.74, 6) is 2.31. The van der Waals surface area contributed by atoms with Gasteiger partial charge in [-0.3, -0.25) is 4.79 Å². The Morgan fingerprint density at radius 1 is 1.12 bits per heavy atom. The number of pyridine rings is 1. The lowest BCUT2D eigenvalue weighted by Gasteiger charge is -2.43. The number of halogens is 1. The molecule has 2 aromatic heterocycles. The predicted octanol–water partition coefficient (Wildman–Crippen LogP) is 3.78. The van der Waals surface area contributed by atoms with Crippen LogP contribution in [0.25, 0.3) is 11.3 Å². The van der Waals surface area contributed by atoms with Crippen molar-refractivity contribution in [3.05, 3.63) is 34.9 Å². The fourth-order valence-corrected chi connectivity index (χ4v) is 5.07. The van der Waals surface area contributed by atoms with E-state index in [1.54, 1.807) is 6.20 Å².